The Bertz CT molecular complexity index is 1080. The van der Waals surface area contributed by atoms with E-state index >= 15 is 0 Å². The van der Waals surface area contributed by atoms with Gasteiger partial charge in [0.1, 0.15) is 29.2 Å². The van der Waals surface area contributed by atoms with Gasteiger partial charge in [-0.05, 0) is 24.0 Å². The van der Waals surface area contributed by atoms with Crippen LogP contribution in [0.15, 0.2) is 28.8 Å². The molecule has 1 atom stereocenters. The quantitative estimate of drug-likeness (QED) is 0.457. The van der Waals surface area contributed by atoms with Crippen molar-refractivity contribution in [3.05, 3.63) is 57.6 Å². The van der Waals surface area contributed by atoms with Gasteiger partial charge in [-0.3, -0.25) is 9.47 Å². The van der Waals surface area contributed by atoms with Crippen molar-refractivity contribution in [1.29, 1.82) is 0 Å². The Labute approximate surface area is 175 Å². The van der Waals surface area contributed by atoms with Crippen LogP contribution < -0.4 is 4.74 Å². The van der Waals surface area contributed by atoms with E-state index in [1.807, 2.05) is 6.92 Å². The van der Waals surface area contributed by atoms with Crippen molar-refractivity contribution in [2.45, 2.75) is 32.2 Å². The monoisotopic (exact) mass is 437 g/mol. The first-order chi connectivity index (χ1) is 13.8. The molecule has 0 radical (unpaired) electrons. The van der Waals surface area contributed by atoms with Gasteiger partial charge < -0.3 is 19.3 Å². The highest BCUT2D eigenvalue weighted by Crippen LogP contribution is 2.34. The number of hydrogen-bond acceptors (Lipinski definition) is 7. The van der Waals surface area contributed by atoms with Crippen molar-refractivity contribution in [2.75, 3.05) is 6.54 Å². The van der Waals surface area contributed by atoms with Crippen molar-refractivity contribution in [2.24, 2.45) is 0 Å². The zero-order valence-electron chi connectivity index (χ0n) is 15.8. The van der Waals surface area contributed by atoms with E-state index < -0.39 is 22.2 Å². The number of hydrogen-bond donors (Lipinski definition) is 0. The highest BCUT2D eigenvalue weighted by molar-refractivity contribution is 7.59. The lowest BCUT2D eigenvalue weighted by molar-refractivity contribution is -0.389. The molecular weight excluding hydrogens is 420 g/mol. The Morgan fingerprint density at radius 3 is 2.60 bits per heavy atom. The average molecular weight is 437 g/mol. The molecule has 0 saturated carbocycles. The summed E-state index contributed by atoms with van der Waals surface area (Å²) in [5.41, 5.74) is 0.358. The smallest absolute Gasteiger partial charge is 0.415 e. The predicted octanol–water partition coefficient (Wildman–Crippen LogP) is 3.00. The summed E-state index contributed by atoms with van der Waals surface area (Å²) >= 11 is 0. The molecule has 158 valence electrons. The van der Waals surface area contributed by atoms with Crippen LogP contribution in [-0.2, 0) is 19.6 Å². The molecule has 2 aliphatic heterocycles. The van der Waals surface area contributed by atoms with Crippen LogP contribution in [0, 0.1) is 21.7 Å². The van der Waals surface area contributed by atoms with Crippen molar-refractivity contribution in [1.82, 2.24) is 19.4 Å². The number of halogens is 2. The van der Waals surface area contributed by atoms with Crippen LogP contribution >= 0.6 is 13.5 Å². The molecule has 2 aromatic heterocycles. The van der Waals surface area contributed by atoms with Crippen LogP contribution in [0.25, 0.3) is 11.5 Å². The molecular formula is C18H17F2N5O4S. The minimum Gasteiger partial charge on any atom is -0.439 e. The summed E-state index contributed by atoms with van der Waals surface area (Å²) in [6.07, 6.45) is 1.36. The number of rotatable bonds is 4. The SMILES string of the molecule is C[C@]1(CN2Cc3nc(-c4cc(F)cc(F)c4)oc3C2)Cn2cc([N+](=O)[O-])nc2O1.S. The summed E-state index contributed by atoms with van der Waals surface area (Å²) in [6.45, 7) is 3.84. The maximum absolute atomic E-state index is 13.4. The predicted molar refractivity (Wildman–Crippen MR) is 104 cm³/mol. The van der Waals surface area contributed by atoms with E-state index in [2.05, 4.69) is 14.9 Å². The molecule has 9 nitrogen and oxygen atoms in total. The van der Waals surface area contributed by atoms with E-state index in [4.69, 9.17) is 9.15 Å². The van der Waals surface area contributed by atoms with Crippen LogP contribution in [0.4, 0.5) is 14.6 Å². The lowest BCUT2D eigenvalue weighted by Crippen LogP contribution is -2.43. The second-order valence-corrected chi connectivity index (χ2v) is 7.51. The summed E-state index contributed by atoms with van der Waals surface area (Å²) in [5.74, 6) is -0.801. The highest BCUT2D eigenvalue weighted by Gasteiger charge is 2.42. The number of ether oxygens (including phenoxy) is 1. The van der Waals surface area contributed by atoms with E-state index in [0.29, 0.717) is 37.6 Å². The molecule has 12 heteroatoms. The van der Waals surface area contributed by atoms with Crippen molar-refractivity contribution in [3.8, 4) is 17.5 Å². The Hall–Kier alpha value is -2.99. The molecule has 0 aliphatic carbocycles. The first-order valence-electron chi connectivity index (χ1n) is 8.86. The first-order valence-corrected chi connectivity index (χ1v) is 8.86. The summed E-state index contributed by atoms with van der Waals surface area (Å²) in [4.78, 5) is 20.6. The van der Waals surface area contributed by atoms with Crippen molar-refractivity contribution < 1.29 is 22.9 Å². The van der Waals surface area contributed by atoms with Crippen LogP contribution in [-0.4, -0.2) is 36.5 Å². The summed E-state index contributed by atoms with van der Waals surface area (Å²) < 4.78 is 40.1. The Morgan fingerprint density at radius 1 is 1.23 bits per heavy atom. The van der Waals surface area contributed by atoms with Crippen LogP contribution in [0.1, 0.15) is 18.4 Å². The fraction of sp³-hybridized carbons (Fsp3) is 0.333. The standard InChI is InChI=1S/C18H15F2N5O4.H2S/c1-18(9-24-7-15(25(26)27)22-17(24)29-18)8-23-5-13-14(6-23)28-16(21-13)10-2-11(19)4-12(20)3-10;/h2-4,7H,5-6,8-9H2,1H3;1H2/t18-;/m0./s1. The van der Waals surface area contributed by atoms with Crippen molar-refractivity contribution >= 4 is 19.3 Å². The average Bonchev–Trinajstić information content (AvgIpc) is 3.31. The van der Waals surface area contributed by atoms with Gasteiger partial charge >= 0.3 is 11.8 Å². The number of nitro groups is 1. The maximum Gasteiger partial charge on any atom is 0.415 e. The van der Waals surface area contributed by atoms with E-state index in [1.54, 1.807) is 4.57 Å². The molecule has 0 bridgehead atoms. The summed E-state index contributed by atoms with van der Waals surface area (Å²) in [7, 11) is 0. The molecule has 30 heavy (non-hydrogen) atoms. The van der Waals surface area contributed by atoms with Gasteiger partial charge in [0.25, 0.3) is 0 Å². The fourth-order valence-corrected chi connectivity index (χ4v) is 3.85. The molecule has 0 amide bonds. The molecule has 0 spiro atoms. The topological polar surface area (TPSA) is 99.5 Å². The second kappa shape index (κ2) is 7.06. The highest BCUT2D eigenvalue weighted by atomic mass is 32.1. The number of oxazole rings is 1. The van der Waals surface area contributed by atoms with Gasteiger partial charge in [-0.15, -0.1) is 0 Å². The molecule has 1 aromatic carbocycles. The number of nitrogens with zero attached hydrogens (tertiary/aromatic N) is 5. The zero-order chi connectivity index (χ0) is 20.3. The second-order valence-electron chi connectivity index (χ2n) is 7.51. The van der Waals surface area contributed by atoms with Gasteiger partial charge in [0.15, 0.2) is 0 Å². The Morgan fingerprint density at radius 2 is 1.97 bits per heavy atom. The first kappa shape index (κ1) is 20.3. The third kappa shape index (κ3) is 3.52. The van der Waals surface area contributed by atoms with Gasteiger partial charge in [0.05, 0.1) is 18.8 Å². The molecule has 4 heterocycles. The van der Waals surface area contributed by atoms with Gasteiger partial charge in [-0.25, -0.2) is 13.8 Å². The lowest BCUT2D eigenvalue weighted by Gasteiger charge is -2.27. The minimum atomic E-state index is -0.691. The van der Waals surface area contributed by atoms with E-state index in [0.717, 1.165) is 6.07 Å². The molecule has 0 unspecified atom stereocenters. The van der Waals surface area contributed by atoms with Crippen LogP contribution in [0.2, 0.25) is 0 Å². The Kier molecular flexibility index (Phi) is 4.77. The lowest BCUT2D eigenvalue weighted by atomic mass is 10.1. The maximum atomic E-state index is 13.4. The number of imidazole rings is 1. The Balaban J connectivity index is 0.00000218. The zero-order valence-corrected chi connectivity index (χ0v) is 16.8. The molecule has 2 aliphatic rings. The number of benzene rings is 1. The van der Waals surface area contributed by atoms with Gasteiger partial charge in [0.2, 0.25) is 5.89 Å². The van der Waals surface area contributed by atoms with Crippen molar-refractivity contribution in [3.63, 3.8) is 0 Å². The van der Waals surface area contributed by atoms with E-state index in [9.17, 15) is 18.9 Å². The number of aromatic nitrogens is 3. The molecule has 0 N–H and O–H groups in total. The number of fused-ring (bicyclic) bond motifs is 2. The van der Waals surface area contributed by atoms with Gasteiger partial charge in [-0.2, -0.15) is 13.5 Å². The van der Waals surface area contributed by atoms with E-state index in [-0.39, 0.29) is 36.8 Å². The normalized spacial score (nSPS) is 19.8. The fourth-order valence-electron chi connectivity index (χ4n) is 3.85. The largest absolute Gasteiger partial charge is 0.439 e. The molecule has 3 aromatic rings. The molecule has 5 rings (SSSR count). The van der Waals surface area contributed by atoms with Crippen LogP contribution in [0.3, 0.4) is 0 Å². The molecule has 0 fully saturated rings. The van der Waals surface area contributed by atoms with Gasteiger partial charge in [-0.1, -0.05) is 0 Å². The van der Waals surface area contributed by atoms with Crippen LogP contribution in [0.5, 0.6) is 6.01 Å². The minimum absolute atomic E-state index is 0. The summed E-state index contributed by atoms with van der Waals surface area (Å²) in [6, 6.07) is 3.37. The third-order valence-electron chi connectivity index (χ3n) is 4.94. The summed E-state index contributed by atoms with van der Waals surface area (Å²) in [5, 5.41) is 10.8. The third-order valence-corrected chi connectivity index (χ3v) is 4.94. The molecule has 0 saturated heterocycles. The van der Waals surface area contributed by atoms with E-state index in [1.165, 1.54) is 18.3 Å². The van der Waals surface area contributed by atoms with Gasteiger partial charge in [0, 0.05) is 29.7 Å².